The first-order chi connectivity index (χ1) is 10.4. The minimum Gasteiger partial charge on any atom is -0.726 e. The fraction of sp³-hybridized carbons (Fsp3) is 0.933. The number of hydrogen-bond donors (Lipinski definition) is 0. The molecule has 0 spiro atoms. The molecular formula is C15H29NaO6S. The zero-order valence-corrected chi connectivity index (χ0v) is 17.5. The zero-order valence-electron chi connectivity index (χ0n) is 14.7. The average Bonchev–Trinajstić information content (AvgIpc) is 2.42. The van der Waals surface area contributed by atoms with Crippen molar-refractivity contribution in [3.05, 3.63) is 0 Å². The van der Waals surface area contributed by atoms with E-state index in [0.717, 1.165) is 19.3 Å². The molecule has 1 unspecified atom stereocenters. The van der Waals surface area contributed by atoms with Crippen LogP contribution in [-0.4, -0.2) is 31.7 Å². The van der Waals surface area contributed by atoms with Gasteiger partial charge in [0.05, 0.1) is 6.61 Å². The van der Waals surface area contributed by atoms with Gasteiger partial charge in [0.25, 0.3) is 0 Å². The Morgan fingerprint density at radius 1 is 0.957 bits per heavy atom. The van der Waals surface area contributed by atoms with Gasteiger partial charge in [0.2, 0.25) is 10.4 Å². The molecule has 0 radical (unpaired) electrons. The molecule has 23 heavy (non-hydrogen) atoms. The van der Waals surface area contributed by atoms with E-state index in [0.29, 0.717) is 0 Å². The minimum atomic E-state index is -4.87. The van der Waals surface area contributed by atoms with Crippen LogP contribution < -0.4 is 29.6 Å². The van der Waals surface area contributed by atoms with E-state index >= 15 is 0 Å². The number of hydrogen-bond acceptors (Lipinski definition) is 6. The Bertz CT molecular complexity index is 385. The third kappa shape index (κ3) is 18.5. The molecule has 0 saturated heterocycles. The van der Waals surface area contributed by atoms with Crippen molar-refractivity contribution in [3.63, 3.8) is 0 Å². The van der Waals surface area contributed by atoms with Gasteiger partial charge in [0, 0.05) is 0 Å². The van der Waals surface area contributed by atoms with E-state index in [9.17, 15) is 17.8 Å². The van der Waals surface area contributed by atoms with Crippen LogP contribution in [0.1, 0.15) is 78.1 Å². The van der Waals surface area contributed by atoms with Crippen LogP contribution in [0.4, 0.5) is 0 Å². The van der Waals surface area contributed by atoms with E-state index in [1.165, 1.54) is 51.9 Å². The van der Waals surface area contributed by atoms with E-state index in [-0.39, 0.29) is 36.2 Å². The van der Waals surface area contributed by atoms with Crippen LogP contribution in [0.15, 0.2) is 0 Å². The van der Waals surface area contributed by atoms with Crippen molar-refractivity contribution >= 4 is 16.4 Å². The molecule has 0 aliphatic rings. The summed E-state index contributed by atoms with van der Waals surface area (Å²) < 4.78 is 39.8. The van der Waals surface area contributed by atoms with Gasteiger partial charge in [0.15, 0.2) is 6.10 Å². The fourth-order valence-corrected chi connectivity index (χ4v) is 2.53. The predicted molar refractivity (Wildman–Crippen MR) is 83.0 cm³/mol. The first-order valence-corrected chi connectivity index (χ1v) is 9.51. The molecule has 0 fully saturated rings. The SMILES string of the molecule is CCCCCCCCCCCCOC(=O)C(C)OS(=O)(=O)[O-].[Na+]. The molecule has 0 aromatic carbocycles. The summed E-state index contributed by atoms with van der Waals surface area (Å²) in [5.41, 5.74) is 0. The van der Waals surface area contributed by atoms with E-state index in [1.54, 1.807) is 0 Å². The maximum atomic E-state index is 11.3. The molecule has 6 nitrogen and oxygen atoms in total. The van der Waals surface area contributed by atoms with Gasteiger partial charge >= 0.3 is 35.5 Å². The molecule has 0 aliphatic carbocycles. The monoisotopic (exact) mass is 360 g/mol. The first-order valence-electron chi connectivity index (χ1n) is 8.17. The maximum Gasteiger partial charge on any atom is 1.00 e. The van der Waals surface area contributed by atoms with Crippen molar-refractivity contribution in [1.29, 1.82) is 0 Å². The van der Waals surface area contributed by atoms with Gasteiger partial charge < -0.3 is 9.29 Å². The Morgan fingerprint density at radius 3 is 1.83 bits per heavy atom. The smallest absolute Gasteiger partial charge is 0.726 e. The van der Waals surface area contributed by atoms with Crippen LogP contribution in [-0.2, 0) is 24.1 Å². The van der Waals surface area contributed by atoms with Crippen LogP contribution >= 0.6 is 0 Å². The van der Waals surface area contributed by atoms with Crippen LogP contribution in [0.5, 0.6) is 0 Å². The van der Waals surface area contributed by atoms with Crippen molar-refractivity contribution in [1.82, 2.24) is 0 Å². The number of unbranched alkanes of at least 4 members (excludes halogenated alkanes) is 9. The maximum absolute atomic E-state index is 11.3. The van der Waals surface area contributed by atoms with Crippen molar-refractivity contribution in [2.24, 2.45) is 0 Å². The minimum absolute atomic E-state index is 0. The van der Waals surface area contributed by atoms with E-state index in [2.05, 4.69) is 11.1 Å². The molecule has 132 valence electrons. The Morgan fingerprint density at radius 2 is 1.39 bits per heavy atom. The first kappa shape index (κ1) is 25.6. The number of esters is 1. The molecule has 1 atom stereocenters. The summed E-state index contributed by atoms with van der Waals surface area (Å²) in [7, 11) is -4.87. The predicted octanol–water partition coefficient (Wildman–Crippen LogP) is 0.320. The molecule has 0 heterocycles. The second-order valence-corrected chi connectivity index (χ2v) is 6.51. The standard InChI is InChI=1S/C15H30O6S.Na/c1-3-4-5-6-7-8-9-10-11-12-13-20-15(16)14(2)21-22(17,18)19;/h14H,3-13H2,1-2H3,(H,17,18,19);/q;+1/p-1. The van der Waals surface area contributed by atoms with Gasteiger partial charge in [-0.1, -0.05) is 64.7 Å². The van der Waals surface area contributed by atoms with Crippen LogP contribution in [0.3, 0.4) is 0 Å². The number of rotatable bonds is 14. The number of carbonyl (C=O) groups is 1. The topological polar surface area (TPSA) is 92.7 Å². The van der Waals surface area contributed by atoms with Crippen molar-refractivity contribution in [2.45, 2.75) is 84.2 Å². The van der Waals surface area contributed by atoms with Gasteiger partial charge in [-0.05, 0) is 13.3 Å². The largest absolute Gasteiger partial charge is 1.00 e. The molecule has 0 aromatic rings. The van der Waals surface area contributed by atoms with E-state index < -0.39 is 22.5 Å². The van der Waals surface area contributed by atoms with Crippen LogP contribution in [0.2, 0.25) is 0 Å². The molecular weight excluding hydrogens is 331 g/mol. The summed E-state index contributed by atoms with van der Waals surface area (Å²) in [6.07, 6.45) is 10.4. The summed E-state index contributed by atoms with van der Waals surface area (Å²) in [5.74, 6) is -0.824. The third-order valence-electron chi connectivity index (χ3n) is 3.34. The Kier molecular flexibility index (Phi) is 17.6. The van der Waals surface area contributed by atoms with Gasteiger partial charge in [-0.25, -0.2) is 13.2 Å². The van der Waals surface area contributed by atoms with Gasteiger partial charge in [-0.3, -0.25) is 4.18 Å². The molecule has 0 rings (SSSR count). The summed E-state index contributed by atoms with van der Waals surface area (Å²) >= 11 is 0. The summed E-state index contributed by atoms with van der Waals surface area (Å²) in [6.45, 7) is 3.61. The van der Waals surface area contributed by atoms with E-state index in [4.69, 9.17) is 4.74 Å². The van der Waals surface area contributed by atoms with Gasteiger partial charge in [-0.15, -0.1) is 0 Å². The molecule has 0 N–H and O–H groups in total. The normalized spacial score (nSPS) is 12.5. The fourth-order valence-electron chi connectivity index (χ4n) is 2.10. The summed E-state index contributed by atoms with van der Waals surface area (Å²) in [6, 6.07) is 0. The zero-order chi connectivity index (χ0) is 16.8. The van der Waals surface area contributed by atoms with Crippen LogP contribution in [0.25, 0.3) is 0 Å². The Labute approximate surface area is 162 Å². The van der Waals surface area contributed by atoms with Crippen LogP contribution in [0, 0.1) is 0 Å². The molecule has 0 bridgehead atoms. The average molecular weight is 360 g/mol. The quantitative estimate of drug-likeness (QED) is 0.146. The molecule has 0 amide bonds. The molecule has 0 aliphatic heterocycles. The summed E-state index contributed by atoms with van der Waals surface area (Å²) in [5, 5.41) is 0. The van der Waals surface area contributed by atoms with E-state index in [1.807, 2.05) is 0 Å². The van der Waals surface area contributed by atoms with Crippen molar-refractivity contribution in [3.8, 4) is 0 Å². The molecule has 0 saturated carbocycles. The van der Waals surface area contributed by atoms with Gasteiger partial charge in [0.1, 0.15) is 0 Å². The Balaban J connectivity index is 0. The number of ether oxygens (including phenoxy) is 1. The Hall–Kier alpha value is 0.340. The third-order valence-corrected chi connectivity index (χ3v) is 3.86. The summed E-state index contributed by atoms with van der Waals surface area (Å²) in [4.78, 5) is 11.3. The molecule has 0 aromatic heterocycles. The van der Waals surface area contributed by atoms with Crippen molar-refractivity contribution < 1.29 is 56.2 Å². The second kappa shape index (κ2) is 15.8. The van der Waals surface area contributed by atoms with Gasteiger partial charge in [-0.2, -0.15) is 0 Å². The van der Waals surface area contributed by atoms with Crippen molar-refractivity contribution in [2.75, 3.05) is 6.61 Å². The second-order valence-electron chi connectivity index (χ2n) is 5.50. The number of carbonyl (C=O) groups excluding carboxylic acids is 1. The molecule has 8 heteroatoms.